The molecule has 3 heteroatoms. The van der Waals surface area contributed by atoms with Crippen molar-refractivity contribution in [1.29, 1.82) is 0 Å². The van der Waals surface area contributed by atoms with Gasteiger partial charge in [-0.05, 0) is 43.7 Å². The fourth-order valence-corrected chi connectivity index (χ4v) is 2.49. The predicted molar refractivity (Wildman–Crippen MR) is 50.5 cm³/mol. The third kappa shape index (κ3) is 1.03. The number of aromatic nitrogens is 2. The molecule has 0 aliphatic heterocycles. The van der Waals surface area contributed by atoms with Crippen LogP contribution in [0.1, 0.15) is 35.7 Å². The highest BCUT2D eigenvalue weighted by Crippen LogP contribution is 2.48. The SMILES string of the molecule is NCC1CC1c1n[nH]c2c1CCC2. The second-order valence-electron chi connectivity index (χ2n) is 4.26. The summed E-state index contributed by atoms with van der Waals surface area (Å²) in [6.07, 6.45) is 4.99. The Morgan fingerprint density at radius 1 is 1.46 bits per heavy atom. The molecule has 1 heterocycles. The van der Waals surface area contributed by atoms with Gasteiger partial charge < -0.3 is 5.73 Å². The highest BCUT2D eigenvalue weighted by molar-refractivity contribution is 5.34. The summed E-state index contributed by atoms with van der Waals surface area (Å²) in [5.74, 6) is 1.40. The standard InChI is InChI=1S/C10H15N3/c11-5-6-4-8(6)10-7-2-1-3-9(7)12-13-10/h6,8H,1-5,11H2,(H,12,13). The van der Waals surface area contributed by atoms with Gasteiger partial charge in [0.25, 0.3) is 0 Å². The first-order chi connectivity index (χ1) is 6.40. The monoisotopic (exact) mass is 177 g/mol. The van der Waals surface area contributed by atoms with E-state index in [9.17, 15) is 0 Å². The molecule has 0 saturated heterocycles. The lowest BCUT2D eigenvalue weighted by atomic mass is 10.1. The molecule has 3 nitrogen and oxygen atoms in total. The molecular weight excluding hydrogens is 162 g/mol. The van der Waals surface area contributed by atoms with E-state index in [4.69, 9.17) is 5.73 Å². The molecule has 0 spiro atoms. The van der Waals surface area contributed by atoms with Crippen LogP contribution in [0.15, 0.2) is 0 Å². The molecule has 70 valence electrons. The van der Waals surface area contributed by atoms with Crippen molar-refractivity contribution < 1.29 is 0 Å². The van der Waals surface area contributed by atoms with Crippen molar-refractivity contribution in [2.75, 3.05) is 6.54 Å². The number of aromatic amines is 1. The first-order valence-electron chi connectivity index (χ1n) is 5.16. The molecule has 0 radical (unpaired) electrons. The van der Waals surface area contributed by atoms with E-state index in [1.807, 2.05) is 0 Å². The number of nitrogens with zero attached hydrogens (tertiary/aromatic N) is 1. The lowest BCUT2D eigenvalue weighted by molar-refractivity contribution is 0.776. The summed E-state index contributed by atoms with van der Waals surface area (Å²) < 4.78 is 0. The maximum Gasteiger partial charge on any atom is 0.0691 e. The van der Waals surface area contributed by atoms with Gasteiger partial charge in [-0.1, -0.05) is 0 Å². The van der Waals surface area contributed by atoms with E-state index in [1.165, 1.54) is 42.6 Å². The minimum atomic E-state index is 0.683. The number of nitrogens with two attached hydrogens (primary N) is 1. The zero-order valence-corrected chi connectivity index (χ0v) is 7.71. The molecule has 1 aromatic rings. The van der Waals surface area contributed by atoms with Crippen molar-refractivity contribution in [3.8, 4) is 0 Å². The first-order valence-corrected chi connectivity index (χ1v) is 5.16. The second kappa shape index (κ2) is 2.58. The zero-order valence-electron chi connectivity index (χ0n) is 7.71. The largest absolute Gasteiger partial charge is 0.330 e. The van der Waals surface area contributed by atoms with Crippen LogP contribution >= 0.6 is 0 Å². The minimum absolute atomic E-state index is 0.683. The summed E-state index contributed by atoms with van der Waals surface area (Å²) in [5, 5.41) is 7.58. The Morgan fingerprint density at radius 2 is 2.38 bits per heavy atom. The lowest BCUT2D eigenvalue weighted by Gasteiger charge is -1.96. The summed E-state index contributed by atoms with van der Waals surface area (Å²) in [5.41, 5.74) is 9.88. The van der Waals surface area contributed by atoms with Crippen molar-refractivity contribution in [2.45, 2.75) is 31.6 Å². The number of rotatable bonds is 2. The molecule has 1 fully saturated rings. The maximum atomic E-state index is 5.64. The predicted octanol–water partition coefficient (Wildman–Crippen LogP) is 0.961. The van der Waals surface area contributed by atoms with Gasteiger partial charge in [0.05, 0.1) is 5.69 Å². The van der Waals surface area contributed by atoms with Gasteiger partial charge in [-0.2, -0.15) is 5.10 Å². The van der Waals surface area contributed by atoms with Crippen LogP contribution in [0, 0.1) is 5.92 Å². The van der Waals surface area contributed by atoms with Gasteiger partial charge in [0.1, 0.15) is 0 Å². The van der Waals surface area contributed by atoms with Crippen LogP contribution < -0.4 is 5.73 Å². The first kappa shape index (κ1) is 7.56. The topological polar surface area (TPSA) is 54.7 Å². The average Bonchev–Trinajstić information content (AvgIpc) is 2.57. The Hall–Kier alpha value is -0.830. The quantitative estimate of drug-likeness (QED) is 0.707. The van der Waals surface area contributed by atoms with E-state index >= 15 is 0 Å². The molecular formula is C10H15N3. The van der Waals surface area contributed by atoms with E-state index in [0.29, 0.717) is 11.8 Å². The van der Waals surface area contributed by atoms with Gasteiger partial charge in [-0.25, -0.2) is 0 Å². The Balaban J connectivity index is 1.90. The summed E-state index contributed by atoms with van der Waals surface area (Å²) in [6.45, 7) is 0.826. The van der Waals surface area contributed by atoms with Crippen molar-refractivity contribution in [3.05, 3.63) is 17.0 Å². The van der Waals surface area contributed by atoms with Gasteiger partial charge in [0.15, 0.2) is 0 Å². The van der Waals surface area contributed by atoms with Crippen LogP contribution in [-0.2, 0) is 12.8 Å². The van der Waals surface area contributed by atoms with Crippen molar-refractivity contribution in [2.24, 2.45) is 11.7 Å². The summed E-state index contributed by atoms with van der Waals surface area (Å²) in [6, 6.07) is 0. The zero-order chi connectivity index (χ0) is 8.84. The molecule has 0 aromatic carbocycles. The molecule has 13 heavy (non-hydrogen) atoms. The highest BCUT2D eigenvalue weighted by Gasteiger charge is 2.41. The van der Waals surface area contributed by atoms with Crippen LogP contribution in [0.4, 0.5) is 0 Å². The molecule has 0 bridgehead atoms. The third-order valence-corrected chi connectivity index (χ3v) is 3.41. The summed E-state index contributed by atoms with van der Waals surface area (Å²) in [7, 11) is 0. The number of aryl methyl sites for hydroxylation is 1. The van der Waals surface area contributed by atoms with Crippen molar-refractivity contribution in [1.82, 2.24) is 10.2 Å². The molecule has 2 atom stereocenters. The fraction of sp³-hybridized carbons (Fsp3) is 0.700. The minimum Gasteiger partial charge on any atom is -0.330 e. The number of nitrogens with one attached hydrogen (secondary N) is 1. The van der Waals surface area contributed by atoms with Crippen LogP contribution in [0.25, 0.3) is 0 Å². The fourth-order valence-electron chi connectivity index (χ4n) is 2.49. The molecule has 2 aliphatic carbocycles. The Morgan fingerprint density at radius 3 is 3.15 bits per heavy atom. The van der Waals surface area contributed by atoms with Crippen LogP contribution in [-0.4, -0.2) is 16.7 Å². The maximum absolute atomic E-state index is 5.64. The highest BCUT2D eigenvalue weighted by atomic mass is 15.1. The summed E-state index contributed by atoms with van der Waals surface area (Å²) in [4.78, 5) is 0. The van der Waals surface area contributed by atoms with E-state index in [0.717, 1.165) is 6.54 Å². The number of fused-ring (bicyclic) bond motifs is 1. The van der Waals surface area contributed by atoms with Crippen LogP contribution in [0.5, 0.6) is 0 Å². The Bertz CT molecular complexity index is 329. The van der Waals surface area contributed by atoms with Gasteiger partial charge in [0, 0.05) is 11.6 Å². The number of H-pyrrole nitrogens is 1. The van der Waals surface area contributed by atoms with E-state index < -0.39 is 0 Å². The van der Waals surface area contributed by atoms with E-state index in [1.54, 1.807) is 0 Å². The number of hydrogen-bond donors (Lipinski definition) is 2. The molecule has 1 aromatic heterocycles. The van der Waals surface area contributed by atoms with E-state index in [-0.39, 0.29) is 0 Å². The summed E-state index contributed by atoms with van der Waals surface area (Å²) >= 11 is 0. The van der Waals surface area contributed by atoms with Gasteiger partial charge >= 0.3 is 0 Å². The van der Waals surface area contributed by atoms with Crippen LogP contribution in [0.3, 0.4) is 0 Å². The smallest absolute Gasteiger partial charge is 0.0691 e. The molecule has 0 amide bonds. The average molecular weight is 177 g/mol. The van der Waals surface area contributed by atoms with Gasteiger partial charge in [-0.15, -0.1) is 0 Å². The van der Waals surface area contributed by atoms with Crippen LogP contribution in [0.2, 0.25) is 0 Å². The Kier molecular flexibility index (Phi) is 1.50. The van der Waals surface area contributed by atoms with Crippen molar-refractivity contribution in [3.63, 3.8) is 0 Å². The normalized spacial score (nSPS) is 30.5. The molecule has 2 aliphatic rings. The van der Waals surface area contributed by atoms with Gasteiger partial charge in [0.2, 0.25) is 0 Å². The molecule has 3 rings (SSSR count). The lowest BCUT2D eigenvalue weighted by Crippen LogP contribution is -2.02. The third-order valence-electron chi connectivity index (χ3n) is 3.41. The second-order valence-corrected chi connectivity index (χ2v) is 4.26. The van der Waals surface area contributed by atoms with Crippen molar-refractivity contribution >= 4 is 0 Å². The molecule has 3 N–H and O–H groups in total. The Labute approximate surface area is 77.7 Å². The number of hydrogen-bond acceptors (Lipinski definition) is 2. The van der Waals surface area contributed by atoms with E-state index in [2.05, 4.69) is 10.2 Å². The molecule has 1 saturated carbocycles. The van der Waals surface area contributed by atoms with Gasteiger partial charge in [-0.3, -0.25) is 5.10 Å². The molecule has 2 unspecified atom stereocenters.